The van der Waals surface area contributed by atoms with Crippen molar-refractivity contribution >= 4 is 28.8 Å². The monoisotopic (exact) mass is 266 g/mol. The van der Waals surface area contributed by atoms with Gasteiger partial charge in [-0.1, -0.05) is 25.2 Å². The third kappa shape index (κ3) is 2.51. The van der Waals surface area contributed by atoms with E-state index in [4.69, 9.17) is 18.0 Å². The first-order valence-electron chi connectivity index (χ1n) is 5.87. The lowest BCUT2D eigenvalue weighted by atomic mass is 9.99. The SMILES string of the molecule is CC(CN1C(=O)CCc2ccc(F)cc21)C(N)=S. The van der Waals surface area contributed by atoms with Gasteiger partial charge >= 0.3 is 0 Å². The fourth-order valence-electron chi connectivity index (χ4n) is 2.07. The highest BCUT2D eigenvalue weighted by Crippen LogP contribution is 2.29. The highest BCUT2D eigenvalue weighted by Gasteiger charge is 2.26. The molecule has 2 N–H and O–H groups in total. The minimum Gasteiger partial charge on any atom is -0.393 e. The number of hydrogen-bond donors (Lipinski definition) is 1. The van der Waals surface area contributed by atoms with Gasteiger partial charge in [0.2, 0.25) is 5.91 Å². The van der Waals surface area contributed by atoms with Crippen molar-refractivity contribution in [2.75, 3.05) is 11.4 Å². The molecule has 1 aromatic rings. The molecule has 0 aromatic heterocycles. The molecule has 0 aliphatic carbocycles. The standard InChI is InChI=1S/C13H15FN2OS/c1-8(13(15)18)7-16-11-6-10(14)4-2-9(11)3-5-12(16)17/h2,4,6,8H,3,5,7H2,1H3,(H2,15,18). The van der Waals surface area contributed by atoms with E-state index < -0.39 is 0 Å². The molecule has 1 unspecified atom stereocenters. The molecule has 1 aromatic carbocycles. The number of nitrogens with zero attached hydrogens (tertiary/aromatic N) is 1. The van der Waals surface area contributed by atoms with Crippen molar-refractivity contribution in [1.82, 2.24) is 0 Å². The van der Waals surface area contributed by atoms with Gasteiger partial charge in [-0.2, -0.15) is 0 Å². The van der Waals surface area contributed by atoms with Crippen LogP contribution in [0.1, 0.15) is 18.9 Å². The Morgan fingerprint density at radius 1 is 1.56 bits per heavy atom. The third-order valence-electron chi connectivity index (χ3n) is 3.19. The number of carbonyl (C=O) groups is 1. The van der Waals surface area contributed by atoms with Crippen LogP contribution in [0.2, 0.25) is 0 Å². The van der Waals surface area contributed by atoms with Gasteiger partial charge < -0.3 is 10.6 Å². The Bertz CT molecular complexity index is 504. The molecule has 0 radical (unpaired) electrons. The van der Waals surface area contributed by atoms with Crippen LogP contribution in [0.15, 0.2) is 18.2 Å². The summed E-state index contributed by atoms with van der Waals surface area (Å²) < 4.78 is 13.3. The Kier molecular flexibility index (Phi) is 3.61. The number of thiocarbonyl (C=S) groups is 1. The second kappa shape index (κ2) is 5.02. The largest absolute Gasteiger partial charge is 0.393 e. The van der Waals surface area contributed by atoms with Crippen LogP contribution in [0.25, 0.3) is 0 Å². The van der Waals surface area contributed by atoms with Crippen molar-refractivity contribution in [1.29, 1.82) is 0 Å². The highest BCUT2D eigenvalue weighted by atomic mass is 32.1. The summed E-state index contributed by atoms with van der Waals surface area (Å²) >= 11 is 4.92. The Balaban J connectivity index is 2.32. The Labute approximate surface area is 111 Å². The fourth-order valence-corrected chi connectivity index (χ4v) is 2.15. The molecule has 0 spiro atoms. The van der Waals surface area contributed by atoms with E-state index in [1.165, 1.54) is 12.1 Å². The molecule has 0 fully saturated rings. The summed E-state index contributed by atoms with van der Waals surface area (Å²) in [5.41, 5.74) is 7.21. The van der Waals surface area contributed by atoms with Crippen LogP contribution in [-0.2, 0) is 11.2 Å². The molecule has 0 bridgehead atoms. The Morgan fingerprint density at radius 3 is 2.94 bits per heavy atom. The van der Waals surface area contributed by atoms with E-state index in [1.54, 1.807) is 11.0 Å². The first-order chi connectivity index (χ1) is 8.49. The van der Waals surface area contributed by atoms with E-state index in [1.807, 2.05) is 6.92 Å². The van der Waals surface area contributed by atoms with Crippen LogP contribution in [0, 0.1) is 11.7 Å². The first-order valence-corrected chi connectivity index (χ1v) is 6.28. The van der Waals surface area contributed by atoms with Crippen LogP contribution < -0.4 is 10.6 Å². The number of benzene rings is 1. The molecule has 1 amide bonds. The zero-order chi connectivity index (χ0) is 13.3. The van der Waals surface area contributed by atoms with E-state index in [2.05, 4.69) is 0 Å². The number of nitrogens with two attached hydrogens (primary N) is 1. The lowest BCUT2D eigenvalue weighted by Crippen LogP contribution is -2.41. The predicted molar refractivity (Wildman–Crippen MR) is 73.0 cm³/mol. The maximum absolute atomic E-state index is 13.3. The van der Waals surface area contributed by atoms with Gasteiger partial charge in [-0.3, -0.25) is 4.79 Å². The van der Waals surface area contributed by atoms with Crippen LogP contribution in [0.5, 0.6) is 0 Å². The summed E-state index contributed by atoms with van der Waals surface area (Å²) in [6.45, 7) is 2.27. The van der Waals surface area contributed by atoms with Crippen LogP contribution in [-0.4, -0.2) is 17.4 Å². The highest BCUT2D eigenvalue weighted by molar-refractivity contribution is 7.80. The van der Waals surface area contributed by atoms with E-state index in [9.17, 15) is 9.18 Å². The van der Waals surface area contributed by atoms with Crippen LogP contribution in [0.3, 0.4) is 0 Å². The zero-order valence-corrected chi connectivity index (χ0v) is 11.0. The average molecular weight is 266 g/mol. The molecule has 96 valence electrons. The van der Waals surface area contributed by atoms with E-state index in [0.29, 0.717) is 30.1 Å². The number of amides is 1. The summed E-state index contributed by atoms with van der Waals surface area (Å²) in [5.74, 6) is -0.425. The molecule has 1 heterocycles. The molecule has 1 aliphatic rings. The Hall–Kier alpha value is -1.49. The summed E-state index contributed by atoms with van der Waals surface area (Å²) in [6.07, 6.45) is 1.11. The number of carbonyl (C=O) groups excluding carboxylic acids is 1. The van der Waals surface area contributed by atoms with Crippen molar-refractivity contribution in [3.05, 3.63) is 29.6 Å². The fraction of sp³-hybridized carbons (Fsp3) is 0.385. The molecule has 3 nitrogen and oxygen atoms in total. The minimum atomic E-state index is -0.337. The van der Waals surface area contributed by atoms with Gasteiger partial charge in [-0.05, 0) is 24.1 Å². The van der Waals surface area contributed by atoms with E-state index in [0.717, 1.165) is 5.56 Å². The maximum Gasteiger partial charge on any atom is 0.227 e. The van der Waals surface area contributed by atoms with Crippen molar-refractivity contribution < 1.29 is 9.18 Å². The smallest absolute Gasteiger partial charge is 0.227 e. The number of fused-ring (bicyclic) bond motifs is 1. The number of hydrogen-bond acceptors (Lipinski definition) is 2. The van der Waals surface area contributed by atoms with Gasteiger partial charge in [0.25, 0.3) is 0 Å². The molecule has 0 saturated heterocycles. The normalized spacial score (nSPS) is 16.3. The minimum absolute atomic E-state index is 0.00352. The van der Waals surface area contributed by atoms with Crippen LogP contribution >= 0.6 is 12.2 Å². The molecule has 5 heteroatoms. The van der Waals surface area contributed by atoms with Gasteiger partial charge in [0.05, 0.1) is 4.99 Å². The number of aryl methyl sites for hydroxylation is 1. The summed E-state index contributed by atoms with van der Waals surface area (Å²) in [4.78, 5) is 13.9. The van der Waals surface area contributed by atoms with Gasteiger partial charge in [-0.25, -0.2) is 4.39 Å². The molecular weight excluding hydrogens is 251 g/mol. The summed E-state index contributed by atoms with van der Waals surface area (Å²) in [7, 11) is 0. The van der Waals surface area contributed by atoms with Gasteiger partial charge in [0, 0.05) is 24.6 Å². The predicted octanol–water partition coefficient (Wildman–Crippen LogP) is 2.03. The summed E-state index contributed by atoms with van der Waals surface area (Å²) in [6, 6.07) is 4.55. The third-order valence-corrected chi connectivity index (χ3v) is 3.59. The lowest BCUT2D eigenvalue weighted by molar-refractivity contribution is -0.119. The topological polar surface area (TPSA) is 46.3 Å². The van der Waals surface area contributed by atoms with Crippen molar-refractivity contribution in [3.63, 3.8) is 0 Å². The molecular formula is C13H15FN2OS. The average Bonchev–Trinajstić information content (AvgIpc) is 2.32. The molecule has 0 saturated carbocycles. The lowest BCUT2D eigenvalue weighted by Gasteiger charge is -2.31. The first kappa shape index (κ1) is 13.0. The second-order valence-electron chi connectivity index (χ2n) is 4.58. The zero-order valence-electron chi connectivity index (χ0n) is 10.1. The van der Waals surface area contributed by atoms with Gasteiger partial charge in [0.15, 0.2) is 0 Å². The molecule has 18 heavy (non-hydrogen) atoms. The van der Waals surface area contributed by atoms with E-state index in [-0.39, 0.29) is 17.6 Å². The molecule has 1 atom stereocenters. The number of rotatable bonds is 3. The van der Waals surface area contributed by atoms with Crippen molar-refractivity contribution in [2.24, 2.45) is 11.7 Å². The number of halogens is 1. The maximum atomic E-state index is 13.3. The molecule has 2 rings (SSSR count). The van der Waals surface area contributed by atoms with Crippen molar-refractivity contribution in [3.8, 4) is 0 Å². The molecule has 1 aliphatic heterocycles. The van der Waals surface area contributed by atoms with E-state index >= 15 is 0 Å². The summed E-state index contributed by atoms with van der Waals surface area (Å²) in [5, 5.41) is 0. The van der Waals surface area contributed by atoms with Gasteiger partial charge in [0.1, 0.15) is 5.82 Å². The number of anilines is 1. The van der Waals surface area contributed by atoms with Crippen LogP contribution in [0.4, 0.5) is 10.1 Å². The van der Waals surface area contributed by atoms with Crippen molar-refractivity contribution in [2.45, 2.75) is 19.8 Å². The Morgan fingerprint density at radius 2 is 2.28 bits per heavy atom. The quantitative estimate of drug-likeness (QED) is 0.851. The van der Waals surface area contributed by atoms with Gasteiger partial charge in [-0.15, -0.1) is 0 Å². The second-order valence-corrected chi connectivity index (χ2v) is 5.05.